The van der Waals surface area contributed by atoms with Crippen molar-refractivity contribution in [3.8, 4) is 0 Å². The number of ether oxygens (including phenoxy) is 2. The van der Waals surface area contributed by atoms with Crippen LogP contribution in [0.2, 0.25) is 0 Å². The highest BCUT2D eigenvalue weighted by molar-refractivity contribution is 5.81. The number of hydrogen-bond acceptors (Lipinski definition) is 6. The summed E-state index contributed by atoms with van der Waals surface area (Å²) >= 11 is 0. The van der Waals surface area contributed by atoms with E-state index in [1.54, 1.807) is 59.9 Å². The Bertz CT molecular complexity index is 2380. The molecule has 0 saturated carbocycles. The Morgan fingerprint density at radius 3 is 1.20 bits per heavy atom. The van der Waals surface area contributed by atoms with Gasteiger partial charge in [-0.15, -0.1) is 0 Å². The van der Waals surface area contributed by atoms with Crippen LogP contribution in [0, 0.1) is 11.6 Å². The van der Waals surface area contributed by atoms with E-state index in [0.717, 1.165) is 87.3 Å². The molecule has 8 nitrogen and oxygen atoms in total. The minimum Gasteiger partial charge on any atom is -0.373 e. The minimum atomic E-state index is -4.46. The van der Waals surface area contributed by atoms with Gasteiger partial charge in [0.15, 0.2) is 0 Å². The van der Waals surface area contributed by atoms with E-state index in [2.05, 4.69) is 33.9 Å². The van der Waals surface area contributed by atoms with Gasteiger partial charge in [0.1, 0.15) is 11.6 Å². The molecule has 2 fully saturated rings. The van der Waals surface area contributed by atoms with E-state index in [1.807, 2.05) is 13.8 Å². The van der Waals surface area contributed by atoms with Gasteiger partial charge < -0.3 is 28.4 Å². The molecule has 0 radical (unpaired) electrons. The van der Waals surface area contributed by atoms with Crippen LogP contribution in [0.5, 0.6) is 0 Å². The standard InChI is InChI=1S/2C25H29F4N3O/c2*1-4-32-16-30-23-21(13-19(14-22(23)32)25(27,28)29)17(2)33-15-24(9-11-31(3)12-10-24)18-5-7-20(26)8-6-18/h2*5-8,13-14,16-17H,4,9-12,15H2,1-3H3/t2*17-/m10/s1. The number of benzene rings is 4. The number of imidazole rings is 2. The fraction of sp³-hybridized carbons (Fsp3) is 0.480. The summed E-state index contributed by atoms with van der Waals surface area (Å²) in [4.78, 5) is 13.3. The van der Waals surface area contributed by atoms with E-state index in [4.69, 9.17) is 9.47 Å². The molecule has 16 heteroatoms. The van der Waals surface area contributed by atoms with Crippen molar-refractivity contribution in [2.24, 2.45) is 0 Å². The Labute approximate surface area is 380 Å². The molecule has 6 aromatic rings. The number of aromatic nitrogens is 4. The molecule has 4 heterocycles. The van der Waals surface area contributed by atoms with Crippen molar-refractivity contribution in [1.82, 2.24) is 28.9 Å². The number of halogens is 8. The van der Waals surface area contributed by atoms with Crippen LogP contribution in [-0.4, -0.2) is 82.4 Å². The Morgan fingerprint density at radius 2 is 0.894 bits per heavy atom. The summed E-state index contributed by atoms with van der Waals surface area (Å²) < 4.78 is 125. The molecule has 356 valence electrons. The molecule has 0 spiro atoms. The molecular formula is C50H58F8N6O2. The van der Waals surface area contributed by atoms with Gasteiger partial charge in [0, 0.05) is 35.0 Å². The molecule has 2 aromatic heterocycles. The minimum absolute atomic E-state index is 0.297. The van der Waals surface area contributed by atoms with Gasteiger partial charge in [-0.3, -0.25) is 0 Å². The smallest absolute Gasteiger partial charge is 0.373 e. The largest absolute Gasteiger partial charge is 0.416 e. The second-order valence-electron chi connectivity index (χ2n) is 18.0. The molecule has 0 N–H and O–H groups in total. The van der Waals surface area contributed by atoms with Gasteiger partial charge in [-0.1, -0.05) is 24.3 Å². The number of alkyl halides is 6. The van der Waals surface area contributed by atoms with Crippen molar-refractivity contribution in [3.05, 3.63) is 130 Å². The molecule has 0 bridgehead atoms. The fourth-order valence-corrected chi connectivity index (χ4v) is 9.31. The van der Waals surface area contributed by atoms with Crippen LogP contribution in [0.15, 0.2) is 85.5 Å². The lowest BCUT2D eigenvalue weighted by atomic mass is 9.73. The molecule has 4 aromatic carbocycles. The Hall–Kier alpha value is -4.90. The van der Waals surface area contributed by atoms with Crippen LogP contribution >= 0.6 is 0 Å². The second-order valence-corrected chi connectivity index (χ2v) is 18.0. The number of rotatable bonds is 12. The maximum absolute atomic E-state index is 13.6. The molecule has 0 amide bonds. The second kappa shape index (κ2) is 19.7. The highest BCUT2D eigenvalue weighted by Gasteiger charge is 2.39. The Kier molecular flexibility index (Phi) is 14.7. The monoisotopic (exact) mass is 926 g/mol. The lowest BCUT2D eigenvalue weighted by Gasteiger charge is -2.41. The van der Waals surface area contributed by atoms with Crippen LogP contribution in [0.3, 0.4) is 0 Å². The van der Waals surface area contributed by atoms with Crippen molar-refractivity contribution in [1.29, 1.82) is 0 Å². The lowest BCUT2D eigenvalue weighted by Crippen LogP contribution is -2.44. The molecule has 2 aliphatic heterocycles. The van der Waals surface area contributed by atoms with Crippen LogP contribution in [0.4, 0.5) is 35.1 Å². The topological polar surface area (TPSA) is 60.6 Å². The molecule has 2 atom stereocenters. The summed E-state index contributed by atoms with van der Waals surface area (Å²) in [5, 5.41) is 0. The highest BCUT2D eigenvalue weighted by atomic mass is 19.4. The van der Waals surface area contributed by atoms with Gasteiger partial charge in [0.05, 0.1) is 71.3 Å². The molecule has 2 saturated heterocycles. The summed E-state index contributed by atoms with van der Waals surface area (Å²) in [6.45, 7) is 12.4. The maximum Gasteiger partial charge on any atom is 0.416 e. The average Bonchev–Trinajstić information content (AvgIpc) is 3.92. The highest BCUT2D eigenvalue weighted by Crippen LogP contribution is 2.42. The first kappa shape index (κ1) is 49.0. The Morgan fingerprint density at radius 1 is 0.561 bits per heavy atom. The summed E-state index contributed by atoms with van der Waals surface area (Å²) in [7, 11) is 4.11. The van der Waals surface area contributed by atoms with Crippen LogP contribution in [-0.2, 0) is 45.7 Å². The third-order valence-corrected chi connectivity index (χ3v) is 13.7. The molecule has 2 aliphatic rings. The number of aryl methyl sites for hydroxylation is 2. The predicted molar refractivity (Wildman–Crippen MR) is 239 cm³/mol. The average molecular weight is 927 g/mol. The first-order valence-corrected chi connectivity index (χ1v) is 22.5. The van der Waals surface area contributed by atoms with Crippen molar-refractivity contribution < 1.29 is 44.6 Å². The van der Waals surface area contributed by atoms with Crippen molar-refractivity contribution >= 4 is 22.1 Å². The molecule has 0 aliphatic carbocycles. The van der Waals surface area contributed by atoms with Gasteiger partial charge in [-0.2, -0.15) is 26.3 Å². The maximum atomic E-state index is 13.6. The first-order valence-electron chi connectivity index (χ1n) is 22.5. The van der Waals surface area contributed by atoms with Crippen molar-refractivity contribution in [2.75, 3.05) is 53.5 Å². The van der Waals surface area contributed by atoms with E-state index >= 15 is 0 Å². The number of piperidine rings is 2. The van der Waals surface area contributed by atoms with Gasteiger partial charge in [0.25, 0.3) is 0 Å². The zero-order valence-electron chi connectivity index (χ0n) is 38.2. The van der Waals surface area contributed by atoms with E-state index in [0.29, 0.717) is 59.5 Å². The number of likely N-dealkylation sites (tertiary alicyclic amines) is 2. The number of hydrogen-bond donors (Lipinski definition) is 0. The summed E-state index contributed by atoms with van der Waals surface area (Å²) in [5.74, 6) is -0.594. The normalized spacial score (nSPS) is 18.0. The van der Waals surface area contributed by atoms with Crippen molar-refractivity contribution in [3.63, 3.8) is 0 Å². The van der Waals surface area contributed by atoms with Gasteiger partial charge in [-0.05, 0) is 153 Å². The first-order chi connectivity index (χ1) is 31.3. The SMILES string of the molecule is CCn1cnc2c([C@@H](C)OCC3(c4ccc(F)cc4)CCN(C)CC3)cc(C(F)(F)F)cc21.CCn1cnc2c([C@H](C)OCC3(c4ccc(F)cc4)CCN(C)CC3)cc(C(F)(F)F)cc21. The fourth-order valence-electron chi connectivity index (χ4n) is 9.31. The number of fused-ring (bicyclic) bond motifs is 2. The van der Waals surface area contributed by atoms with Crippen LogP contribution in [0.1, 0.15) is 99.0 Å². The predicted octanol–water partition coefficient (Wildman–Crippen LogP) is 11.9. The van der Waals surface area contributed by atoms with E-state index in [1.165, 1.54) is 24.3 Å². The van der Waals surface area contributed by atoms with E-state index in [9.17, 15) is 35.1 Å². The molecule has 8 rings (SSSR count). The lowest BCUT2D eigenvalue weighted by molar-refractivity contribution is -0.138. The zero-order valence-corrected chi connectivity index (χ0v) is 38.2. The van der Waals surface area contributed by atoms with E-state index < -0.39 is 35.7 Å². The third kappa shape index (κ3) is 10.6. The Balaban J connectivity index is 0.000000196. The van der Waals surface area contributed by atoms with Gasteiger partial charge in [0.2, 0.25) is 0 Å². The molecule has 66 heavy (non-hydrogen) atoms. The van der Waals surface area contributed by atoms with Gasteiger partial charge in [-0.25, -0.2) is 18.7 Å². The molecule has 0 unspecified atom stereocenters. The zero-order chi connectivity index (χ0) is 47.6. The molecular weight excluding hydrogens is 869 g/mol. The third-order valence-electron chi connectivity index (χ3n) is 13.7. The quantitative estimate of drug-likeness (QED) is 0.114. The summed E-state index contributed by atoms with van der Waals surface area (Å²) in [5.41, 5.74) is 2.73. The van der Waals surface area contributed by atoms with Crippen LogP contribution in [0.25, 0.3) is 22.1 Å². The van der Waals surface area contributed by atoms with Crippen LogP contribution < -0.4 is 0 Å². The van der Waals surface area contributed by atoms with Crippen molar-refractivity contribution in [2.45, 2.75) is 102 Å². The van der Waals surface area contributed by atoms with Gasteiger partial charge >= 0.3 is 12.4 Å². The van der Waals surface area contributed by atoms with E-state index in [-0.39, 0.29) is 22.5 Å². The summed E-state index contributed by atoms with van der Waals surface area (Å²) in [6.07, 6.45) is -3.68. The number of nitrogens with zero attached hydrogens (tertiary/aromatic N) is 6. The summed E-state index contributed by atoms with van der Waals surface area (Å²) in [6, 6.07) is 17.6.